The number of rotatable bonds is 11. The molecule has 0 aliphatic carbocycles. The zero-order valence-corrected chi connectivity index (χ0v) is 17.0. The summed E-state index contributed by atoms with van der Waals surface area (Å²) in [6.45, 7) is 20.6. The molecule has 1 fully saturated rings. The molecule has 0 aromatic carbocycles. The minimum Gasteiger partial charge on any atom is -0.301 e. The maximum atomic E-state index is 2.68. The van der Waals surface area contributed by atoms with Crippen molar-refractivity contribution < 1.29 is 0 Å². The summed E-state index contributed by atoms with van der Waals surface area (Å²) in [6, 6.07) is 0.716. The smallest absolute Gasteiger partial charge is 0.0113 e. The molecular weight excluding hydrogens is 280 g/mol. The summed E-state index contributed by atoms with van der Waals surface area (Å²) in [6.07, 6.45) is 8.50. The summed E-state index contributed by atoms with van der Waals surface area (Å²) in [7, 11) is 0. The van der Waals surface area contributed by atoms with E-state index in [0.717, 1.165) is 17.8 Å². The van der Waals surface area contributed by atoms with Gasteiger partial charge in [-0.25, -0.2) is 0 Å². The van der Waals surface area contributed by atoms with Gasteiger partial charge in [0.05, 0.1) is 0 Å². The Hall–Kier alpha value is -0.0800. The van der Waals surface area contributed by atoms with Gasteiger partial charge in [-0.3, -0.25) is 4.90 Å². The predicted octanol–water partition coefficient (Wildman–Crippen LogP) is 5.28. The molecule has 0 amide bonds. The number of hydrogen-bond donors (Lipinski definition) is 0. The van der Waals surface area contributed by atoms with E-state index < -0.39 is 0 Å². The first-order chi connectivity index (χ1) is 10.9. The number of piperazine rings is 1. The second-order valence-electron chi connectivity index (χ2n) is 8.70. The fourth-order valence-electron chi connectivity index (χ4n) is 3.96. The first kappa shape index (κ1) is 21.0. The molecule has 1 rings (SSSR count). The lowest BCUT2D eigenvalue weighted by molar-refractivity contribution is 0.104. The van der Waals surface area contributed by atoms with Gasteiger partial charge in [-0.15, -0.1) is 0 Å². The molecule has 2 nitrogen and oxygen atoms in total. The van der Waals surface area contributed by atoms with Gasteiger partial charge in [0.1, 0.15) is 0 Å². The van der Waals surface area contributed by atoms with Crippen LogP contribution in [0.25, 0.3) is 0 Å². The van der Waals surface area contributed by atoms with Crippen LogP contribution in [0.5, 0.6) is 0 Å². The number of nitrogens with zero attached hydrogens (tertiary/aromatic N) is 2. The van der Waals surface area contributed by atoms with Crippen molar-refractivity contribution in [1.82, 2.24) is 9.80 Å². The van der Waals surface area contributed by atoms with Crippen LogP contribution in [-0.4, -0.2) is 48.6 Å². The van der Waals surface area contributed by atoms with Crippen molar-refractivity contribution in [2.75, 3.05) is 32.7 Å². The standard InChI is InChI=1S/C21H44N2/c1-7-21(17-18(2)3)10-8-9-20(6)11-12-22-13-15-23(16-14-22)19(4)5/h18-21H,7-17H2,1-6H3. The van der Waals surface area contributed by atoms with E-state index in [1.54, 1.807) is 0 Å². The molecule has 138 valence electrons. The van der Waals surface area contributed by atoms with Crippen molar-refractivity contribution in [1.29, 1.82) is 0 Å². The molecule has 0 saturated carbocycles. The molecule has 2 heteroatoms. The van der Waals surface area contributed by atoms with E-state index in [-0.39, 0.29) is 0 Å². The van der Waals surface area contributed by atoms with Crippen LogP contribution in [0.4, 0.5) is 0 Å². The van der Waals surface area contributed by atoms with E-state index >= 15 is 0 Å². The van der Waals surface area contributed by atoms with Crippen molar-refractivity contribution in [2.24, 2.45) is 17.8 Å². The van der Waals surface area contributed by atoms with Gasteiger partial charge in [0.2, 0.25) is 0 Å². The third-order valence-corrected chi connectivity index (χ3v) is 5.77. The topological polar surface area (TPSA) is 6.48 Å². The molecule has 23 heavy (non-hydrogen) atoms. The van der Waals surface area contributed by atoms with Gasteiger partial charge in [-0.1, -0.05) is 53.4 Å². The fourth-order valence-corrected chi connectivity index (χ4v) is 3.96. The summed E-state index contributed by atoms with van der Waals surface area (Å²) < 4.78 is 0. The molecule has 0 spiro atoms. The van der Waals surface area contributed by atoms with Crippen LogP contribution in [0.15, 0.2) is 0 Å². The Kier molecular flexibility index (Phi) is 10.5. The molecule has 0 aromatic rings. The van der Waals surface area contributed by atoms with Crippen molar-refractivity contribution >= 4 is 0 Å². The predicted molar refractivity (Wildman–Crippen MR) is 104 cm³/mol. The van der Waals surface area contributed by atoms with Gasteiger partial charge in [-0.2, -0.15) is 0 Å². The van der Waals surface area contributed by atoms with Gasteiger partial charge >= 0.3 is 0 Å². The van der Waals surface area contributed by atoms with Crippen molar-refractivity contribution in [2.45, 2.75) is 86.1 Å². The summed E-state index contributed by atoms with van der Waals surface area (Å²) >= 11 is 0. The highest BCUT2D eigenvalue weighted by molar-refractivity contribution is 4.74. The second-order valence-corrected chi connectivity index (χ2v) is 8.70. The Bertz CT molecular complexity index is 280. The Morgan fingerprint density at radius 1 is 0.826 bits per heavy atom. The Labute approximate surface area is 147 Å². The minimum atomic E-state index is 0.716. The molecule has 1 saturated heterocycles. The molecule has 2 atom stereocenters. The monoisotopic (exact) mass is 324 g/mol. The third-order valence-electron chi connectivity index (χ3n) is 5.77. The van der Waals surface area contributed by atoms with Crippen LogP contribution in [0.3, 0.4) is 0 Å². The zero-order valence-electron chi connectivity index (χ0n) is 17.0. The van der Waals surface area contributed by atoms with Crippen LogP contribution in [0.1, 0.15) is 80.1 Å². The van der Waals surface area contributed by atoms with Crippen molar-refractivity contribution in [3.05, 3.63) is 0 Å². The van der Waals surface area contributed by atoms with Gasteiger partial charge in [0.25, 0.3) is 0 Å². The lowest BCUT2D eigenvalue weighted by atomic mass is 9.88. The summed E-state index contributed by atoms with van der Waals surface area (Å²) in [5, 5.41) is 0. The van der Waals surface area contributed by atoms with E-state index in [9.17, 15) is 0 Å². The van der Waals surface area contributed by atoms with E-state index in [1.165, 1.54) is 71.2 Å². The lowest BCUT2D eigenvalue weighted by Crippen LogP contribution is -2.49. The first-order valence-electron chi connectivity index (χ1n) is 10.4. The molecule has 1 aliphatic rings. The average molecular weight is 325 g/mol. The molecule has 0 bridgehead atoms. The average Bonchev–Trinajstić information content (AvgIpc) is 2.51. The van der Waals surface area contributed by atoms with Gasteiger partial charge in [-0.05, 0) is 51.0 Å². The Morgan fingerprint density at radius 3 is 2.00 bits per heavy atom. The van der Waals surface area contributed by atoms with Crippen molar-refractivity contribution in [3.8, 4) is 0 Å². The second kappa shape index (κ2) is 11.5. The highest BCUT2D eigenvalue weighted by Crippen LogP contribution is 2.23. The SMILES string of the molecule is CCC(CCCC(C)CCN1CCN(C(C)C)CC1)CC(C)C. The highest BCUT2D eigenvalue weighted by atomic mass is 15.3. The maximum absolute atomic E-state index is 2.68. The third kappa shape index (κ3) is 9.10. The van der Waals surface area contributed by atoms with Crippen LogP contribution in [-0.2, 0) is 0 Å². The molecular formula is C21H44N2. The zero-order chi connectivity index (χ0) is 17.2. The van der Waals surface area contributed by atoms with E-state index in [1.807, 2.05) is 0 Å². The molecule has 1 aliphatic heterocycles. The van der Waals surface area contributed by atoms with E-state index in [4.69, 9.17) is 0 Å². The maximum Gasteiger partial charge on any atom is 0.0113 e. The molecule has 0 N–H and O–H groups in total. The molecule has 0 radical (unpaired) electrons. The molecule has 0 aromatic heterocycles. The lowest BCUT2D eigenvalue weighted by Gasteiger charge is -2.37. The van der Waals surface area contributed by atoms with Crippen LogP contribution in [0.2, 0.25) is 0 Å². The Balaban J connectivity index is 2.09. The fraction of sp³-hybridized carbons (Fsp3) is 1.00. The normalized spacial score (nSPS) is 20.3. The highest BCUT2D eigenvalue weighted by Gasteiger charge is 2.19. The first-order valence-corrected chi connectivity index (χ1v) is 10.4. The molecule has 2 unspecified atom stereocenters. The van der Waals surface area contributed by atoms with E-state index in [0.29, 0.717) is 6.04 Å². The summed E-state index contributed by atoms with van der Waals surface area (Å²) in [5.74, 6) is 2.72. The minimum absolute atomic E-state index is 0.716. The number of hydrogen-bond acceptors (Lipinski definition) is 2. The van der Waals surface area contributed by atoms with E-state index in [2.05, 4.69) is 51.3 Å². The largest absolute Gasteiger partial charge is 0.301 e. The summed E-state index contributed by atoms with van der Waals surface area (Å²) in [4.78, 5) is 5.29. The van der Waals surface area contributed by atoms with Gasteiger partial charge < -0.3 is 4.90 Å². The quantitative estimate of drug-likeness (QED) is 0.510. The molecule has 1 heterocycles. The van der Waals surface area contributed by atoms with Crippen LogP contribution >= 0.6 is 0 Å². The van der Waals surface area contributed by atoms with Crippen LogP contribution < -0.4 is 0 Å². The van der Waals surface area contributed by atoms with Crippen LogP contribution in [0, 0.1) is 17.8 Å². The van der Waals surface area contributed by atoms with Gasteiger partial charge in [0, 0.05) is 32.2 Å². The van der Waals surface area contributed by atoms with Crippen molar-refractivity contribution in [3.63, 3.8) is 0 Å². The summed E-state index contributed by atoms with van der Waals surface area (Å²) in [5.41, 5.74) is 0. The van der Waals surface area contributed by atoms with Gasteiger partial charge in [0.15, 0.2) is 0 Å². The Morgan fingerprint density at radius 2 is 1.48 bits per heavy atom.